The lowest BCUT2D eigenvalue weighted by Crippen LogP contribution is -2.65. The fourth-order valence-corrected chi connectivity index (χ4v) is 5.37. The Morgan fingerprint density at radius 3 is 2.47 bits per heavy atom. The van der Waals surface area contributed by atoms with Crippen molar-refractivity contribution >= 4 is 13.5 Å². The molecule has 1 amide bonds. The van der Waals surface area contributed by atoms with E-state index in [0.717, 1.165) is 25.9 Å². The number of ether oxygens (including phenoxy) is 3. The van der Waals surface area contributed by atoms with Crippen LogP contribution in [0.15, 0.2) is 0 Å². The standard InChI is InChI=1S/C19H34NO9P/c1-11(22)20-13-15(28-30(5,24)25)14(23)12(8-21)27-16(13)26-10-18-6-7-19(18,9-18)29-17(2,3)4/h12-16,21,23H,6-10H2,1-5H3,(H,20,22)(H,24,25). The van der Waals surface area contributed by atoms with Gasteiger partial charge >= 0.3 is 7.60 Å². The zero-order chi connectivity index (χ0) is 22.5. The summed E-state index contributed by atoms with van der Waals surface area (Å²) in [6.45, 7) is 8.04. The third-order valence-electron chi connectivity index (χ3n) is 6.04. The van der Waals surface area contributed by atoms with Gasteiger partial charge in [0, 0.05) is 19.0 Å². The molecule has 174 valence electrons. The molecule has 3 fully saturated rings. The summed E-state index contributed by atoms with van der Waals surface area (Å²) in [6.07, 6.45) is -2.15. The molecule has 3 aliphatic rings. The molecule has 0 bridgehead atoms. The highest BCUT2D eigenvalue weighted by Crippen LogP contribution is 2.73. The van der Waals surface area contributed by atoms with E-state index in [-0.39, 0.29) is 16.6 Å². The van der Waals surface area contributed by atoms with Gasteiger partial charge in [-0.2, -0.15) is 0 Å². The van der Waals surface area contributed by atoms with Crippen LogP contribution in [0, 0.1) is 5.41 Å². The molecule has 1 aliphatic heterocycles. The minimum atomic E-state index is -4.01. The number of amides is 1. The smallest absolute Gasteiger partial charge is 0.325 e. The second-order valence-electron chi connectivity index (χ2n) is 9.79. The molecule has 8 atom stereocenters. The van der Waals surface area contributed by atoms with Crippen molar-refractivity contribution in [1.82, 2.24) is 5.32 Å². The summed E-state index contributed by atoms with van der Waals surface area (Å²) in [4.78, 5) is 21.4. The zero-order valence-corrected chi connectivity index (χ0v) is 19.1. The van der Waals surface area contributed by atoms with Crippen molar-refractivity contribution < 1.29 is 43.2 Å². The number of aliphatic hydroxyl groups excluding tert-OH is 2. The maximum Gasteiger partial charge on any atom is 0.325 e. The predicted octanol–water partition coefficient (Wildman–Crippen LogP) is 0.524. The van der Waals surface area contributed by atoms with Crippen molar-refractivity contribution in [3.63, 3.8) is 0 Å². The number of hydrogen-bond donors (Lipinski definition) is 4. The summed E-state index contributed by atoms with van der Waals surface area (Å²) >= 11 is 0. The van der Waals surface area contributed by atoms with Crippen LogP contribution in [0.2, 0.25) is 0 Å². The third kappa shape index (κ3) is 4.91. The molecule has 0 radical (unpaired) electrons. The maximum atomic E-state index is 11.9. The van der Waals surface area contributed by atoms with Crippen LogP contribution in [0.1, 0.15) is 47.0 Å². The lowest BCUT2D eigenvalue weighted by atomic mass is 9.81. The lowest BCUT2D eigenvalue weighted by Gasteiger charge is -2.45. The van der Waals surface area contributed by atoms with Crippen molar-refractivity contribution in [3.8, 4) is 0 Å². The van der Waals surface area contributed by atoms with Gasteiger partial charge in [-0.15, -0.1) is 0 Å². The van der Waals surface area contributed by atoms with Crippen LogP contribution >= 0.6 is 7.60 Å². The Morgan fingerprint density at radius 1 is 1.33 bits per heavy atom. The molecule has 0 aromatic rings. The molecule has 4 N–H and O–H groups in total. The van der Waals surface area contributed by atoms with Crippen LogP contribution < -0.4 is 5.32 Å². The van der Waals surface area contributed by atoms with Gasteiger partial charge in [0.15, 0.2) is 6.29 Å². The summed E-state index contributed by atoms with van der Waals surface area (Å²) in [7, 11) is -4.01. The van der Waals surface area contributed by atoms with Gasteiger partial charge in [0.05, 0.1) is 24.4 Å². The van der Waals surface area contributed by atoms with E-state index in [4.69, 9.17) is 18.7 Å². The molecule has 30 heavy (non-hydrogen) atoms. The fraction of sp³-hybridized carbons (Fsp3) is 0.947. The quantitative estimate of drug-likeness (QED) is 0.388. The van der Waals surface area contributed by atoms with E-state index in [9.17, 15) is 24.5 Å². The Kier molecular flexibility index (Phi) is 6.48. The van der Waals surface area contributed by atoms with E-state index in [0.29, 0.717) is 6.61 Å². The molecule has 2 aliphatic carbocycles. The van der Waals surface area contributed by atoms with Crippen LogP contribution in [0.4, 0.5) is 0 Å². The number of aliphatic hydroxyl groups is 2. The molecule has 1 saturated heterocycles. The van der Waals surface area contributed by atoms with Gasteiger partial charge in [0.1, 0.15) is 24.4 Å². The Bertz CT molecular complexity index is 707. The minimum absolute atomic E-state index is 0.136. The van der Waals surface area contributed by atoms with Crippen LogP contribution in [-0.2, 0) is 28.1 Å². The minimum Gasteiger partial charge on any atom is -0.394 e. The molecule has 1 heterocycles. The first-order valence-corrected chi connectivity index (χ1v) is 12.3. The number of hydrogen-bond acceptors (Lipinski definition) is 8. The summed E-state index contributed by atoms with van der Waals surface area (Å²) in [5.74, 6) is -0.442. The van der Waals surface area contributed by atoms with E-state index in [1.54, 1.807) is 0 Å². The van der Waals surface area contributed by atoms with E-state index >= 15 is 0 Å². The molecule has 3 rings (SSSR count). The van der Waals surface area contributed by atoms with Gasteiger partial charge < -0.3 is 39.2 Å². The molecular weight excluding hydrogens is 417 g/mol. The van der Waals surface area contributed by atoms with Crippen molar-refractivity contribution in [3.05, 3.63) is 0 Å². The molecule has 0 spiro atoms. The normalized spacial score (nSPS) is 42.6. The third-order valence-corrected chi connectivity index (χ3v) is 6.67. The first kappa shape index (κ1) is 24.1. The number of nitrogens with one attached hydrogen (secondary N) is 1. The van der Waals surface area contributed by atoms with Crippen LogP contribution in [0.3, 0.4) is 0 Å². The van der Waals surface area contributed by atoms with E-state index in [1.165, 1.54) is 6.92 Å². The largest absolute Gasteiger partial charge is 0.394 e. The average Bonchev–Trinajstić information content (AvgIpc) is 3.01. The lowest BCUT2D eigenvalue weighted by molar-refractivity contribution is -0.275. The van der Waals surface area contributed by atoms with E-state index < -0.39 is 50.8 Å². The van der Waals surface area contributed by atoms with Gasteiger partial charge in [-0.1, -0.05) is 0 Å². The van der Waals surface area contributed by atoms with Crippen LogP contribution in [-0.4, -0.2) is 82.7 Å². The average molecular weight is 451 g/mol. The summed E-state index contributed by atoms with van der Waals surface area (Å²) < 4.78 is 35.0. The Labute approximate surface area is 176 Å². The van der Waals surface area contributed by atoms with Gasteiger partial charge in [0.25, 0.3) is 0 Å². The van der Waals surface area contributed by atoms with Crippen LogP contribution in [0.25, 0.3) is 0 Å². The maximum absolute atomic E-state index is 11.9. The first-order valence-electron chi connectivity index (χ1n) is 10.2. The molecule has 8 unspecified atom stereocenters. The second kappa shape index (κ2) is 8.08. The topological polar surface area (TPSA) is 144 Å². The summed E-state index contributed by atoms with van der Waals surface area (Å²) in [5.41, 5.74) is -0.640. The SMILES string of the molecule is CC(=O)NC1C(OCC23CCC2(OC(C)(C)C)C3)OC(CO)C(O)C1OP(C)(=O)O. The Hall–Kier alpha value is -0.580. The number of rotatable bonds is 8. The van der Waals surface area contributed by atoms with E-state index in [1.807, 2.05) is 20.8 Å². The van der Waals surface area contributed by atoms with E-state index in [2.05, 4.69) is 5.32 Å². The summed E-state index contributed by atoms with van der Waals surface area (Å²) in [5, 5.41) is 22.7. The molecule has 0 aromatic carbocycles. The number of fused-ring (bicyclic) bond motifs is 1. The molecule has 0 aromatic heterocycles. The van der Waals surface area contributed by atoms with Crippen molar-refractivity contribution in [2.45, 2.75) is 88.8 Å². The number of carbonyl (C=O) groups is 1. The number of carbonyl (C=O) groups excluding carboxylic acids is 1. The van der Waals surface area contributed by atoms with Gasteiger partial charge in [-0.3, -0.25) is 9.36 Å². The molecule has 10 nitrogen and oxygen atoms in total. The Balaban J connectivity index is 1.74. The predicted molar refractivity (Wildman–Crippen MR) is 106 cm³/mol. The van der Waals surface area contributed by atoms with Crippen molar-refractivity contribution in [2.75, 3.05) is 19.9 Å². The highest BCUT2D eigenvalue weighted by atomic mass is 31.2. The van der Waals surface area contributed by atoms with Gasteiger partial charge in [0.2, 0.25) is 5.91 Å². The van der Waals surface area contributed by atoms with Crippen molar-refractivity contribution in [1.29, 1.82) is 0 Å². The zero-order valence-electron chi connectivity index (χ0n) is 18.2. The van der Waals surface area contributed by atoms with Gasteiger partial charge in [-0.05, 0) is 40.0 Å². The molecule has 11 heteroatoms. The highest BCUT2D eigenvalue weighted by Gasteiger charge is 2.76. The first-order chi connectivity index (χ1) is 13.7. The highest BCUT2D eigenvalue weighted by molar-refractivity contribution is 7.51. The molecule has 2 saturated carbocycles. The Morgan fingerprint density at radius 2 is 2.00 bits per heavy atom. The summed E-state index contributed by atoms with van der Waals surface area (Å²) in [6, 6.07) is -1.03. The second-order valence-corrected chi connectivity index (χ2v) is 11.6. The monoisotopic (exact) mass is 451 g/mol. The fourth-order valence-electron chi connectivity index (χ4n) is 4.66. The van der Waals surface area contributed by atoms with Gasteiger partial charge in [-0.25, -0.2) is 0 Å². The molecular formula is C19H34NO9P. The van der Waals surface area contributed by atoms with Crippen LogP contribution in [0.5, 0.6) is 0 Å². The van der Waals surface area contributed by atoms with Crippen molar-refractivity contribution in [2.24, 2.45) is 5.41 Å².